The SMILES string of the molecule is COC(=O)C1=C(C)Nc2nc(SCc3ccc([N+](=O)[O-])cc3)[nH]c(=O)c2C1c1cccnc1. The average Bonchev–Trinajstić information content (AvgIpc) is 2.82. The Morgan fingerprint density at radius 1 is 1.27 bits per heavy atom. The summed E-state index contributed by atoms with van der Waals surface area (Å²) in [5.41, 5.74) is 2.28. The van der Waals surface area contributed by atoms with Crippen LogP contribution in [-0.2, 0) is 15.3 Å². The number of anilines is 1. The van der Waals surface area contributed by atoms with Gasteiger partial charge in [0.1, 0.15) is 5.82 Å². The highest BCUT2D eigenvalue weighted by molar-refractivity contribution is 7.98. The summed E-state index contributed by atoms with van der Waals surface area (Å²) in [5, 5.41) is 14.3. The van der Waals surface area contributed by atoms with E-state index in [9.17, 15) is 19.7 Å². The van der Waals surface area contributed by atoms with Crippen molar-refractivity contribution in [1.29, 1.82) is 0 Å². The number of rotatable bonds is 6. The number of esters is 1. The van der Waals surface area contributed by atoms with Gasteiger partial charge in [-0.1, -0.05) is 30.0 Å². The van der Waals surface area contributed by atoms with Crippen LogP contribution in [-0.4, -0.2) is 33.0 Å². The summed E-state index contributed by atoms with van der Waals surface area (Å²) in [6.45, 7) is 1.73. The van der Waals surface area contributed by atoms with Crippen LogP contribution < -0.4 is 10.9 Å². The summed E-state index contributed by atoms with van der Waals surface area (Å²) in [7, 11) is 1.29. The molecule has 10 nitrogen and oxygen atoms in total. The van der Waals surface area contributed by atoms with Crippen LogP contribution in [0.2, 0.25) is 0 Å². The molecule has 1 atom stereocenters. The summed E-state index contributed by atoms with van der Waals surface area (Å²) >= 11 is 1.29. The smallest absolute Gasteiger partial charge is 0.336 e. The molecule has 1 aliphatic rings. The first-order valence-electron chi connectivity index (χ1n) is 9.85. The van der Waals surface area contributed by atoms with Gasteiger partial charge in [-0.05, 0) is 24.1 Å². The molecular formula is C22H19N5O5S. The van der Waals surface area contributed by atoms with E-state index in [-0.39, 0.29) is 11.2 Å². The fourth-order valence-electron chi connectivity index (χ4n) is 3.63. The fraction of sp³-hybridized carbons (Fsp3) is 0.182. The lowest BCUT2D eigenvalue weighted by Crippen LogP contribution is -2.31. The van der Waals surface area contributed by atoms with E-state index in [1.54, 1.807) is 43.6 Å². The van der Waals surface area contributed by atoms with E-state index in [0.29, 0.717) is 39.1 Å². The zero-order valence-electron chi connectivity index (χ0n) is 17.7. The number of nitro benzene ring substituents is 1. The Bertz CT molecular complexity index is 1310. The average molecular weight is 465 g/mol. The third-order valence-electron chi connectivity index (χ3n) is 5.17. The number of allylic oxidation sites excluding steroid dienone is 1. The van der Waals surface area contributed by atoms with Crippen LogP contribution in [0.4, 0.5) is 11.5 Å². The standard InChI is InChI=1S/C22H19N5O5S/c1-12-16(21(29)32-2)17(14-4-3-9-23-10-14)18-19(24-12)25-22(26-20(18)28)33-11-13-5-7-15(8-6-13)27(30)31/h3-10,17H,11H2,1-2H3,(H2,24,25,26,28). The zero-order chi connectivity index (χ0) is 23.5. The number of fused-ring (bicyclic) bond motifs is 1. The van der Waals surface area contributed by atoms with E-state index in [1.165, 1.54) is 31.0 Å². The number of hydrogen-bond donors (Lipinski definition) is 2. The van der Waals surface area contributed by atoms with Gasteiger partial charge in [-0.15, -0.1) is 0 Å². The molecule has 2 aromatic heterocycles. The van der Waals surface area contributed by atoms with E-state index in [1.807, 2.05) is 0 Å². The first-order chi connectivity index (χ1) is 15.9. The molecule has 0 aliphatic carbocycles. The highest BCUT2D eigenvalue weighted by atomic mass is 32.2. The van der Waals surface area contributed by atoms with Gasteiger partial charge < -0.3 is 15.0 Å². The van der Waals surface area contributed by atoms with Crippen LogP contribution in [0.1, 0.15) is 29.5 Å². The molecule has 1 aliphatic heterocycles. The number of nitrogens with zero attached hydrogens (tertiary/aromatic N) is 3. The number of methoxy groups -OCH3 is 1. The molecular weight excluding hydrogens is 446 g/mol. The quantitative estimate of drug-likeness (QED) is 0.184. The Hall–Kier alpha value is -3.99. The van der Waals surface area contributed by atoms with E-state index >= 15 is 0 Å². The third kappa shape index (κ3) is 4.48. The summed E-state index contributed by atoms with van der Waals surface area (Å²) in [6.07, 6.45) is 3.22. The Kier molecular flexibility index (Phi) is 6.22. The summed E-state index contributed by atoms with van der Waals surface area (Å²) in [5.74, 6) is -0.430. The van der Waals surface area contributed by atoms with Gasteiger partial charge in [-0.25, -0.2) is 9.78 Å². The topological polar surface area (TPSA) is 140 Å². The van der Waals surface area contributed by atoms with Crippen molar-refractivity contribution in [3.05, 3.63) is 97.2 Å². The molecule has 3 aromatic rings. The molecule has 1 aromatic carbocycles. The third-order valence-corrected chi connectivity index (χ3v) is 6.11. The Morgan fingerprint density at radius 2 is 2.03 bits per heavy atom. The van der Waals surface area contributed by atoms with Crippen LogP contribution in [0.25, 0.3) is 0 Å². The second-order valence-electron chi connectivity index (χ2n) is 7.22. The van der Waals surface area contributed by atoms with Gasteiger partial charge in [-0.3, -0.25) is 19.9 Å². The number of non-ortho nitro benzene ring substituents is 1. The normalized spacial score (nSPS) is 14.9. The number of aromatic nitrogens is 3. The number of hydrogen-bond acceptors (Lipinski definition) is 9. The molecule has 1 unspecified atom stereocenters. The van der Waals surface area contributed by atoms with Crippen molar-refractivity contribution >= 4 is 29.2 Å². The summed E-state index contributed by atoms with van der Waals surface area (Å²) < 4.78 is 4.97. The predicted octanol–water partition coefficient (Wildman–Crippen LogP) is 3.37. The van der Waals surface area contributed by atoms with Crippen molar-refractivity contribution in [2.75, 3.05) is 12.4 Å². The first kappa shape index (κ1) is 22.2. The number of carbonyl (C=O) groups is 1. The monoisotopic (exact) mass is 465 g/mol. The predicted molar refractivity (Wildman–Crippen MR) is 122 cm³/mol. The number of nitro groups is 1. The number of thioether (sulfide) groups is 1. The maximum atomic E-state index is 13.1. The lowest BCUT2D eigenvalue weighted by atomic mass is 9.83. The molecule has 0 spiro atoms. The minimum Gasteiger partial charge on any atom is -0.466 e. The Balaban J connectivity index is 1.68. The molecule has 0 saturated heterocycles. The van der Waals surface area contributed by atoms with Crippen LogP contribution in [0, 0.1) is 10.1 Å². The van der Waals surface area contributed by atoms with Gasteiger partial charge in [-0.2, -0.15) is 0 Å². The van der Waals surface area contributed by atoms with Crippen molar-refractivity contribution in [1.82, 2.24) is 15.0 Å². The van der Waals surface area contributed by atoms with Gasteiger partial charge in [0.2, 0.25) is 0 Å². The number of carbonyl (C=O) groups excluding carboxylic acids is 1. The van der Waals surface area contributed by atoms with Gasteiger partial charge >= 0.3 is 5.97 Å². The molecule has 33 heavy (non-hydrogen) atoms. The lowest BCUT2D eigenvalue weighted by Gasteiger charge is -2.28. The number of aromatic amines is 1. The van der Waals surface area contributed by atoms with E-state index in [4.69, 9.17) is 4.74 Å². The van der Waals surface area contributed by atoms with Crippen molar-refractivity contribution < 1.29 is 14.5 Å². The van der Waals surface area contributed by atoms with Crippen molar-refractivity contribution in [3.8, 4) is 0 Å². The largest absolute Gasteiger partial charge is 0.466 e. The number of nitrogens with one attached hydrogen (secondary N) is 2. The molecule has 2 N–H and O–H groups in total. The minimum absolute atomic E-state index is 0.0124. The molecule has 0 fully saturated rings. The molecule has 0 radical (unpaired) electrons. The number of benzene rings is 1. The Labute approximate surface area is 192 Å². The highest BCUT2D eigenvalue weighted by Crippen LogP contribution is 2.39. The highest BCUT2D eigenvalue weighted by Gasteiger charge is 2.36. The van der Waals surface area contributed by atoms with Crippen molar-refractivity contribution in [2.45, 2.75) is 23.8 Å². The second kappa shape index (κ2) is 9.25. The van der Waals surface area contributed by atoms with E-state index < -0.39 is 16.8 Å². The van der Waals surface area contributed by atoms with E-state index in [0.717, 1.165) is 5.56 Å². The molecule has 0 saturated carbocycles. The van der Waals surface area contributed by atoms with Crippen molar-refractivity contribution in [3.63, 3.8) is 0 Å². The summed E-state index contributed by atoms with van der Waals surface area (Å²) in [4.78, 5) is 47.5. The van der Waals surface area contributed by atoms with Crippen LogP contribution in [0.3, 0.4) is 0 Å². The summed E-state index contributed by atoms with van der Waals surface area (Å²) in [6, 6.07) is 9.71. The number of pyridine rings is 1. The van der Waals surface area contributed by atoms with Crippen molar-refractivity contribution in [2.24, 2.45) is 0 Å². The molecule has 11 heteroatoms. The maximum absolute atomic E-state index is 13.1. The van der Waals surface area contributed by atoms with Crippen LogP contribution in [0.15, 0.2) is 70.0 Å². The van der Waals surface area contributed by atoms with Gasteiger partial charge in [0.15, 0.2) is 5.16 Å². The van der Waals surface area contributed by atoms with Crippen LogP contribution in [0.5, 0.6) is 0 Å². The minimum atomic E-state index is -0.688. The fourth-order valence-corrected chi connectivity index (χ4v) is 4.44. The molecule has 4 rings (SSSR count). The maximum Gasteiger partial charge on any atom is 0.336 e. The van der Waals surface area contributed by atoms with E-state index in [2.05, 4.69) is 20.3 Å². The van der Waals surface area contributed by atoms with Crippen LogP contribution >= 0.6 is 11.8 Å². The zero-order valence-corrected chi connectivity index (χ0v) is 18.5. The molecule has 0 bridgehead atoms. The van der Waals surface area contributed by atoms with Gasteiger partial charge in [0.05, 0.1) is 29.1 Å². The number of ether oxygens (including phenoxy) is 1. The number of H-pyrrole nitrogens is 1. The van der Waals surface area contributed by atoms with Gasteiger partial charge in [0.25, 0.3) is 11.2 Å². The Morgan fingerprint density at radius 3 is 2.67 bits per heavy atom. The lowest BCUT2D eigenvalue weighted by molar-refractivity contribution is -0.384. The second-order valence-corrected chi connectivity index (χ2v) is 8.18. The molecule has 168 valence electrons. The molecule has 3 heterocycles. The molecule has 0 amide bonds. The van der Waals surface area contributed by atoms with Gasteiger partial charge in [0, 0.05) is 36.0 Å². The first-order valence-corrected chi connectivity index (χ1v) is 10.8.